The number of esters is 2. The fourth-order valence-corrected chi connectivity index (χ4v) is 3.49. The van der Waals surface area contributed by atoms with Gasteiger partial charge in [-0.15, -0.1) is 0 Å². The van der Waals surface area contributed by atoms with Crippen LogP contribution in [0.15, 0.2) is 84.9 Å². The molecule has 4 aromatic carbocycles. The number of hydrogen-bond donors (Lipinski definition) is 0. The number of ether oxygens (including phenoxy) is 2. The van der Waals surface area contributed by atoms with Crippen LogP contribution in [0.3, 0.4) is 0 Å². The highest BCUT2D eigenvalue weighted by molar-refractivity contribution is 5.93. The van der Waals surface area contributed by atoms with E-state index in [1.807, 2.05) is 12.1 Å². The first-order valence-electron chi connectivity index (χ1n) is 10.9. The molecule has 0 aliphatic carbocycles. The average Bonchev–Trinajstić information content (AvgIpc) is 2.89. The minimum Gasteiger partial charge on any atom is -0.426 e. The van der Waals surface area contributed by atoms with Crippen LogP contribution in [0.2, 0.25) is 0 Å². The molecule has 0 aliphatic rings. The molecule has 0 bridgehead atoms. The Morgan fingerprint density at radius 1 is 0.622 bits per heavy atom. The molecule has 0 radical (unpaired) electrons. The van der Waals surface area contributed by atoms with Crippen LogP contribution in [0.5, 0.6) is 11.5 Å². The lowest BCUT2D eigenvalue weighted by Crippen LogP contribution is -2.18. The summed E-state index contributed by atoms with van der Waals surface area (Å²) in [5.74, 6) is -3.49. The highest BCUT2D eigenvalue weighted by atomic mass is 19.1. The van der Waals surface area contributed by atoms with Gasteiger partial charge in [0.1, 0.15) is 29.6 Å². The maximum atomic E-state index is 14.6. The molecule has 0 atom stereocenters. The third-order valence-corrected chi connectivity index (χ3v) is 5.28. The zero-order valence-corrected chi connectivity index (χ0v) is 19.1. The lowest BCUT2D eigenvalue weighted by Gasteiger charge is -2.09. The van der Waals surface area contributed by atoms with Crippen molar-refractivity contribution in [2.45, 2.75) is 6.42 Å². The van der Waals surface area contributed by atoms with E-state index in [9.17, 15) is 18.4 Å². The van der Waals surface area contributed by atoms with Gasteiger partial charge in [0.25, 0.3) is 0 Å². The number of hydrogen-bond acceptors (Lipinski definition) is 6. The summed E-state index contributed by atoms with van der Waals surface area (Å²) in [5, 5.41) is 17.7. The molecule has 0 spiro atoms. The van der Waals surface area contributed by atoms with Gasteiger partial charge in [0.05, 0.1) is 23.3 Å². The first-order chi connectivity index (χ1) is 17.9. The maximum absolute atomic E-state index is 14.6. The third-order valence-electron chi connectivity index (χ3n) is 5.28. The Balaban J connectivity index is 1.36. The van der Waals surface area contributed by atoms with Crippen molar-refractivity contribution in [3.63, 3.8) is 0 Å². The molecule has 4 rings (SSSR count). The van der Waals surface area contributed by atoms with Crippen molar-refractivity contribution in [3.8, 4) is 45.9 Å². The monoisotopic (exact) mass is 494 g/mol. The van der Waals surface area contributed by atoms with Gasteiger partial charge < -0.3 is 9.47 Å². The van der Waals surface area contributed by atoms with Crippen LogP contribution in [0.4, 0.5) is 8.78 Å². The Labute approximate surface area is 210 Å². The minimum atomic E-state index is -0.981. The molecule has 6 nitrogen and oxygen atoms in total. The molecule has 0 fully saturated rings. The highest BCUT2D eigenvalue weighted by Crippen LogP contribution is 2.28. The Morgan fingerprint density at radius 3 is 1.32 bits per heavy atom. The first-order valence-corrected chi connectivity index (χ1v) is 10.9. The van der Waals surface area contributed by atoms with Crippen LogP contribution >= 0.6 is 0 Å². The molecular formula is C29H16F2N2O4. The second kappa shape index (κ2) is 10.9. The van der Waals surface area contributed by atoms with Crippen LogP contribution in [0.1, 0.15) is 17.5 Å². The molecule has 4 aromatic rings. The number of nitrogens with zero attached hydrogens (tertiary/aromatic N) is 2. The van der Waals surface area contributed by atoms with E-state index in [0.29, 0.717) is 22.3 Å². The van der Waals surface area contributed by atoms with E-state index in [1.54, 1.807) is 48.5 Å². The van der Waals surface area contributed by atoms with Crippen molar-refractivity contribution in [2.75, 3.05) is 0 Å². The Hall–Kier alpha value is -5.34. The van der Waals surface area contributed by atoms with Gasteiger partial charge >= 0.3 is 11.9 Å². The number of rotatable bonds is 6. The quantitative estimate of drug-likeness (QED) is 0.187. The fraction of sp³-hybridized carbons (Fsp3) is 0.0345. The lowest BCUT2D eigenvalue weighted by atomic mass is 10.0. The summed E-state index contributed by atoms with van der Waals surface area (Å²) in [6, 6.07) is 24.2. The molecule has 0 aromatic heterocycles. The second-order valence-corrected chi connectivity index (χ2v) is 7.79. The van der Waals surface area contributed by atoms with Gasteiger partial charge in [-0.05, 0) is 59.7 Å². The van der Waals surface area contributed by atoms with Crippen LogP contribution in [0.25, 0.3) is 22.3 Å². The van der Waals surface area contributed by atoms with E-state index < -0.39 is 30.0 Å². The number of halogens is 2. The van der Waals surface area contributed by atoms with Crippen LogP contribution in [-0.4, -0.2) is 11.9 Å². The van der Waals surface area contributed by atoms with Crippen molar-refractivity contribution in [1.82, 2.24) is 0 Å². The van der Waals surface area contributed by atoms with Crippen molar-refractivity contribution in [1.29, 1.82) is 10.5 Å². The predicted molar refractivity (Wildman–Crippen MR) is 129 cm³/mol. The van der Waals surface area contributed by atoms with Crippen molar-refractivity contribution in [2.24, 2.45) is 0 Å². The van der Waals surface area contributed by atoms with Crippen molar-refractivity contribution >= 4 is 11.9 Å². The molecule has 0 saturated heterocycles. The van der Waals surface area contributed by atoms with Gasteiger partial charge in [0, 0.05) is 23.3 Å². The molecule has 37 heavy (non-hydrogen) atoms. The average molecular weight is 494 g/mol. The summed E-state index contributed by atoms with van der Waals surface area (Å²) < 4.78 is 39.2. The second-order valence-electron chi connectivity index (χ2n) is 7.79. The molecule has 0 amide bonds. The summed E-state index contributed by atoms with van der Waals surface area (Å²) in [5.41, 5.74) is 2.44. The minimum absolute atomic E-state index is 0.106. The molecule has 8 heteroatoms. The topological polar surface area (TPSA) is 100 Å². The van der Waals surface area contributed by atoms with E-state index >= 15 is 0 Å². The number of nitriles is 2. The third kappa shape index (κ3) is 6.02. The van der Waals surface area contributed by atoms with E-state index in [2.05, 4.69) is 0 Å². The Kier molecular flexibility index (Phi) is 7.32. The first kappa shape index (κ1) is 24.8. The SMILES string of the molecule is N#Cc1ccc(-c2ccc(OC(=O)CC(=O)Oc3ccc(-c4ccc(C#N)cc4)c(F)c3)cc2F)cc1. The molecule has 0 saturated carbocycles. The fourth-order valence-electron chi connectivity index (χ4n) is 3.49. The standard InChI is InChI=1S/C29H16F2N2O4/c30-26-13-22(9-11-24(26)20-5-1-18(16-32)2-6-20)36-28(34)15-29(35)37-23-10-12-25(27(31)14-23)21-7-3-19(17-33)4-8-21/h1-14H,15H2. The summed E-state index contributed by atoms with van der Waals surface area (Å²) in [6.45, 7) is 0. The Bertz CT molecular complexity index is 1450. The van der Waals surface area contributed by atoms with E-state index in [4.69, 9.17) is 20.0 Å². The molecule has 180 valence electrons. The largest absolute Gasteiger partial charge is 0.426 e. The summed E-state index contributed by atoms with van der Waals surface area (Å²) in [6.07, 6.45) is -0.780. The Morgan fingerprint density at radius 2 is 1.00 bits per heavy atom. The molecular weight excluding hydrogens is 478 g/mol. The number of benzene rings is 4. The zero-order chi connectivity index (χ0) is 26.4. The molecule has 0 heterocycles. The number of carbonyl (C=O) groups excluding carboxylic acids is 2. The van der Waals surface area contributed by atoms with E-state index in [0.717, 1.165) is 12.1 Å². The van der Waals surface area contributed by atoms with Crippen LogP contribution in [-0.2, 0) is 9.59 Å². The molecule has 0 N–H and O–H groups in total. The molecule has 0 aliphatic heterocycles. The number of carbonyl (C=O) groups is 2. The van der Waals surface area contributed by atoms with Crippen LogP contribution in [0, 0.1) is 34.3 Å². The predicted octanol–water partition coefficient (Wildman–Crippen LogP) is 5.94. The van der Waals surface area contributed by atoms with Gasteiger partial charge in [-0.3, -0.25) is 9.59 Å². The van der Waals surface area contributed by atoms with Gasteiger partial charge in [-0.1, -0.05) is 24.3 Å². The van der Waals surface area contributed by atoms with Gasteiger partial charge in [0.15, 0.2) is 0 Å². The highest BCUT2D eigenvalue weighted by Gasteiger charge is 2.17. The smallest absolute Gasteiger partial charge is 0.322 e. The lowest BCUT2D eigenvalue weighted by molar-refractivity contribution is -0.144. The van der Waals surface area contributed by atoms with Gasteiger partial charge in [0.2, 0.25) is 0 Å². The van der Waals surface area contributed by atoms with E-state index in [1.165, 1.54) is 24.3 Å². The van der Waals surface area contributed by atoms with E-state index in [-0.39, 0.29) is 22.6 Å². The zero-order valence-electron chi connectivity index (χ0n) is 19.1. The maximum Gasteiger partial charge on any atom is 0.322 e. The van der Waals surface area contributed by atoms with Gasteiger partial charge in [-0.2, -0.15) is 10.5 Å². The normalized spacial score (nSPS) is 10.2. The summed E-state index contributed by atoms with van der Waals surface area (Å²) in [7, 11) is 0. The van der Waals surface area contributed by atoms with Crippen molar-refractivity contribution < 1.29 is 27.8 Å². The summed E-state index contributed by atoms with van der Waals surface area (Å²) >= 11 is 0. The van der Waals surface area contributed by atoms with Crippen molar-refractivity contribution in [3.05, 3.63) is 108 Å². The molecule has 0 unspecified atom stereocenters. The summed E-state index contributed by atoms with van der Waals surface area (Å²) in [4.78, 5) is 24.3. The van der Waals surface area contributed by atoms with Crippen LogP contribution < -0.4 is 9.47 Å². The van der Waals surface area contributed by atoms with Gasteiger partial charge in [-0.25, -0.2) is 8.78 Å².